The number of aromatic nitrogens is 2. The van der Waals surface area contributed by atoms with E-state index in [0.717, 1.165) is 11.0 Å². The summed E-state index contributed by atoms with van der Waals surface area (Å²) in [6.45, 7) is 0. The quantitative estimate of drug-likeness (QED) is 0.661. The zero-order valence-electron chi connectivity index (χ0n) is 5.87. The lowest BCUT2D eigenvalue weighted by atomic mass is 10.4. The van der Waals surface area contributed by atoms with Gasteiger partial charge >= 0.3 is 0 Å². The van der Waals surface area contributed by atoms with E-state index in [1.807, 2.05) is 30.6 Å². The van der Waals surface area contributed by atoms with Crippen LogP contribution < -0.4 is 0 Å². The molecule has 0 radical (unpaired) electrons. The van der Waals surface area contributed by atoms with Crippen molar-refractivity contribution >= 4 is 21.6 Å². The molecule has 0 unspecified atom stereocenters. The van der Waals surface area contributed by atoms with E-state index in [9.17, 15) is 0 Å². The van der Waals surface area contributed by atoms with Crippen LogP contribution in [0.25, 0.3) is 5.65 Å². The lowest BCUT2D eigenvalue weighted by molar-refractivity contribution is 1.10. The summed E-state index contributed by atoms with van der Waals surface area (Å²) in [4.78, 5) is 4.22. The number of halogens is 1. The van der Waals surface area contributed by atoms with Gasteiger partial charge in [-0.1, -0.05) is 22.0 Å². The number of imidazole rings is 1. The normalized spacial score (nSPS) is 10.6. The van der Waals surface area contributed by atoms with E-state index in [0.29, 0.717) is 0 Å². The number of rotatable bonds is 1. The molecule has 0 amide bonds. The summed E-state index contributed by atoms with van der Waals surface area (Å²) in [5, 5.41) is 0.845. The molecule has 2 aromatic rings. The average Bonchev–Trinajstić information content (AvgIpc) is 2.47. The fraction of sp³-hybridized carbons (Fsp3) is 0.125. The van der Waals surface area contributed by atoms with E-state index in [-0.39, 0.29) is 0 Å². The van der Waals surface area contributed by atoms with Gasteiger partial charge in [-0.3, -0.25) is 0 Å². The van der Waals surface area contributed by atoms with Gasteiger partial charge in [-0.25, -0.2) is 4.98 Å². The summed E-state index contributed by atoms with van der Waals surface area (Å²) < 4.78 is 2.06. The third-order valence-corrected chi connectivity index (χ3v) is 2.21. The van der Waals surface area contributed by atoms with Crippen molar-refractivity contribution in [2.75, 3.05) is 0 Å². The van der Waals surface area contributed by atoms with Gasteiger partial charge in [-0.05, 0) is 12.1 Å². The van der Waals surface area contributed by atoms with Crippen LogP contribution in [0.5, 0.6) is 0 Å². The maximum absolute atomic E-state index is 4.22. The van der Waals surface area contributed by atoms with Crippen molar-refractivity contribution < 1.29 is 0 Å². The van der Waals surface area contributed by atoms with Crippen molar-refractivity contribution in [2.24, 2.45) is 0 Å². The Bertz CT molecular complexity index is 367. The Balaban J connectivity index is 2.76. The summed E-state index contributed by atoms with van der Waals surface area (Å²) in [6, 6.07) is 5.98. The molecular formula is C8H7BrN2. The molecule has 0 aliphatic rings. The maximum atomic E-state index is 4.22. The van der Waals surface area contributed by atoms with Crippen LogP contribution >= 0.6 is 15.9 Å². The molecule has 2 rings (SSSR count). The minimum absolute atomic E-state index is 0.845. The van der Waals surface area contributed by atoms with Gasteiger partial charge in [0.05, 0.1) is 11.9 Å². The first kappa shape index (κ1) is 6.85. The molecule has 0 atom stereocenters. The van der Waals surface area contributed by atoms with E-state index in [2.05, 4.69) is 25.3 Å². The molecule has 0 aromatic carbocycles. The Morgan fingerprint density at radius 2 is 2.36 bits per heavy atom. The van der Waals surface area contributed by atoms with Gasteiger partial charge in [0.25, 0.3) is 0 Å². The molecule has 0 saturated carbocycles. The van der Waals surface area contributed by atoms with Crippen molar-refractivity contribution in [2.45, 2.75) is 5.33 Å². The van der Waals surface area contributed by atoms with Gasteiger partial charge in [0.2, 0.25) is 0 Å². The Hall–Kier alpha value is -0.830. The predicted octanol–water partition coefficient (Wildman–Crippen LogP) is 2.23. The molecular weight excluding hydrogens is 204 g/mol. The number of hydrogen-bond donors (Lipinski definition) is 0. The Morgan fingerprint density at radius 1 is 1.45 bits per heavy atom. The van der Waals surface area contributed by atoms with Gasteiger partial charge in [0.1, 0.15) is 5.65 Å². The van der Waals surface area contributed by atoms with Gasteiger partial charge in [-0.15, -0.1) is 0 Å². The lowest BCUT2D eigenvalue weighted by Gasteiger charge is -1.94. The summed E-state index contributed by atoms with van der Waals surface area (Å²) >= 11 is 3.40. The van der Waals surface area contributed by atoms with Gasteiger partial charge < -0.3 is 4.40 Å². The van der Waals surface area contributed by atoms with Crippen LogP contribution in [0.3, 0.4) is 0 Å². The first-order valence-corrected chi connectivity index (χ1v) is 4.51. The number of alkyl halides is 1. The van der Waals surface area contributed by atoms with Gasteiger partial charge in [0, 0.05) is 11.5 Å². The van der Waals surface area contributed by atoms with E-state index in [1.165, 1.54) is 5.69 Å². The lowest BCUT2D eigenvalue weighted by Crippen LogP contribution is -1.86. The number of fused-ring (bicyclic) bond motifs is 1. The maximum Gasteiger partial charge on any atom is 0.136 e. The Kier molecular flexibility index (Phi) is 1.66. The van der Waals surface area contributed by atoms with Gasteiger partial charge in [-0.2, -0.15) is 0 Å². The van der Waals surface area contributed by atoms with Crippen LogP contribution in [0.1, 0.15) is 5.69 Å². The topological polar surface area (TPSA) is 17.3 Å². The number of nitrogens with zero attached hydrogens (tertiary/aromatic N) is 2. The van der Waals surface area contributed by atoms with Crippen molar-refractivity contribution in [1.82, 2.24) is 9.38 Å². The molecule has 3 heteroatoms. The SMILES string of the molecule is BrCc1cnc2ccccn12. The van der Waals surface area contributed by atoms with Crippen LogP contribution in [-0.4, -0.2) is 9.38 Å². The minimum atomic E-state index is 0.845. The monoisotopic (exact) mass is 210 g/mol. The Labute approximate surface area is 73.0 Å². The molecule has 0 fully saturated rings. The Morgan fingerprint density at radius 3 is 3.18 bits per heavy atom. The van der Waals surface area contributed by atoms with Gasteiger partial charge in [0.15, 0.2) is 0 Å². The molecule has 2 heterocycles. The highest BCUT2D eigenvalue weighted by molar-refractivity contribution is 9.08. The van der Waals surface area contributed by atoms with E-state index in [4.69, 9.17) is 0 Å². The number of hydrogen-bond acceptors (Lipinski definition) is 1. The predicted molar refractivity (Wildman–Crippen MR) is 47.8 cm³/mol. The third-order valence-electron chi connectivity index (χ3n) is 1.63. The largest absolute Gasteiger partial charge is 0.303 e. The van der Waals surface area contributed by atoms with E-state index >= 15 is 0 Å². The molecule has 2 aromatic heterocycles. The first-order valence-electron chi connectivity index (χ1n) is 3.39. The smallest absolute Gasteiger partial charge is 0.136 e. The summed E-state index contributed by atoms with van der Waals surface area (Å²) in [7, 11) is 0. The van der Waals surface area contributed by atoms with Crippen LogP contribution in [0, 0.1) is 0 Å². The molecule has 2 nitrogen and oxygen atoms in total. The summed E-state index contributed by atoms with van der Waals surface area (Å²) in [5.41, 5.74) is 2.18. The van der Waals surface area contributed by atoms with Crippen molar-refractivity contribution in [3.63, 3.8) is 0 Å². The minimum Gasteiger partial charge on any atom is -0.303 e. The molecule has 11 heavy (non-hydrogen) atoms. The second-order valence-electron chi connectivity index (χ2n) is 2.31. The standard InChI is InChI=1S/C8H7BrN2/c9-5-7-6-10-8-3-1-2-4-11(7)8/h1-4,6H,5H2. The second kappa shape index (κ2) is 2.66. The van der Waals surface area contributed by atoms with Crippen LogP contribution in [0.4, 0.5) is 0 Å². The van der Waals surface area contributed by atoms with E-state index < -0.39 is 0 Å². The highest BCUT2D eigenvalue weighted by Gasteiger charge is 1.97. The summed E-state index contributed by atoms with van der Waals surface area (Å²) in [6.07, 6.45) is 3.89. The third kappa shape index (κ3) is 1.05. The molecule has 0 bridgehead atoms. The molecule has 0 aliphatic carbocycles. The van der Waals surface area contributed by atoms with Crippen LogP contribution in [0.2, 0.25) is 0 Å². The molecule has 0 saturated heterocycles. The van der Waals surface area contributed by atoms with Crippen molar-refractivity contribution in [3.05, 3.63) is 36.3 Å². The zero-order chi connectivity index (χ0) is 7.68. The number of pyridine rings is 1. The molecule has 0 N–H and O–H groups in total. The van der Waals surface area contributed by atoms with Crippen molar-refractivity contribution in [1.29, 1.82) is 0 Å². The molecule has 0 spiro atoms. The van der Waals surface area contributed by atoms with E-state index in [1.54, 1.807) is 0 Å². The second-order valence-corrected chi connectivity index (χ2v) is 2.87. The highest BCUT2D eigenvalue weighted by Crippen LogP contribution is 2.08. The fourth-order valence-electron chi connectivity index (χ4n) is 1.08. The molecule has 0 aliphatic heterocycles. The first-order chi connectivity index (χ1) is 5.42. The fourth-order valence-corrected chi connectivity index (χ4v) is 1.50. The average molecular weight is 211 g/mol. The molecule has 56 valence electrons. The summed E-state index contributed by atoms with van der Waals surface area (Å²) in [5.74, 6) is 0. The van der Waals surface area contributed by atoms with Crippen LogP contribution in [-0.2, 0) is 5.33 Å². The van der Waals surface area contributed by atoms with Crippen LogP contribution in [0.15, 0.2) is 30.6 Å². The highest BCUT2D eigenvalue weighted by atomic mass is 79.9. The zero-order valence-corrected chi connectivity index (χ0v) is 7.45. The van der Waals surface area contributed by atoms with Crippen molar-refractivity contribution in [3.8, 4) is 0 Å².